The lowest BCUT2D eigenvalue weighted by molar-refractivity contribution is -0.144. The topological polar surface area (TPSA) is 111 Å². The van der Waals surface area contributed by atoms with E-state index in [1.54, 1.807) is 48.5 Å². The van der Waals surface area contributed by atoms with Crippen molar-refractivity contribution in [3.05, 3.63) is 90.0 Å². The third kappa shape index (κ3) is 7.43. The molecule has 0 spiro atoms. The third-order valence-electron chi connectivity index (χ3n) is 4.71. The Kier molecular flexibility index (Phi) is 8.78. The first-order chi connectivity index (χ1) is 16.4. The fourth-order valence-electron chi connectivity index (χ4n) is 2.97. The average Bonchev–Trinajstić information content (AvgIpc) is 2.84. The van der Waals surface area contributed by atoms with E-state index in [4.69, 9.17) is 9.47 Å². The largest absolute Gasteiger partial charge is 0.494 e. The lowest BCUT2D eigenvalue weighted by Crippen LogP contribution is -2.26. The first kappa shape index (κ1) is 24.9. The van der Waals surface area contributed by atoms with Crippen molar-refractivity contribution >= 4 is 27.6 Å². The molecular weight excluding hydrogens is 456 g/mol. The average molecular weight is 483 g/mol. The van der Waals surface area contributed by atoms with Crippen molar-refractivity contribution < 1.29 is 27.5 Å². The van der Waals surface area contributed by atoms with Gasteiger partial charge in [-0.2, -0.15) is 0 Å². The maximum Gasteiger partial charge on any atom is 0.307 e. The van der Waals surface area contributed by atoms with Crippen LogP contribution in [-0.2, 0) is 26.2 Å². The Morgan fingerprint density at radius 3 is 2.21 bits per heavy atom. The Hall–Kier alpha value is -3.69. The summed E-state index contributed by atoms with van der Waals surface area (Å²) in [5.74, 6) is -0.204. The molecule has 1 amide bonds. The van der Waals surface area contributed by atoms with Crippen LogP contribution in [0.1, 0.15) is 29.3 Å². The summed E-state index contributed by atoms with van der Waals surface area (Å²) >= 11 is 0. The van der Waals surface area contributed by atoms with Gasteiger partial charge < -0.3 is 14.8 Å². The molecule has 0 bridgehead atoms. The van der Waals surface area contributed by atoms with Crippen LogP contribution in [0.2, 0.25) is 0 Å². The molecule has 0 radical (unpaired) electrons. The van der Waals surface area contributed by atoms with Crippen molar-refractivity contribution in [2.45, 2.75) is 24.8 Å². The summed E-state index contributed by atoms with van der Waals surface area (Å²) in [6.07, 6.45) is -0.117. The normalized spacial score (nSPS) is 11.0. The summed E-state index contributed by atoms with van der Waals surface area (Å²) in [4.78, 5) is 24.4. The summed E-state index contributed by atoms with van der Waals surface area (Å²) in [6.45, 7) is 2.25. The van der Waals surface area contributed by atoms with Crippen molar-refractivity contribution in [2.24, 2.45) is 0 Å². The van der Waals surface area contributed by atoms with Crippen LogP contribution in [-0.4, -0.2) is 33.4 Å². The predicted octanol–water partition coefficient (Wildman–Crippen LogP) is 3.75. The van der Waals surface area contributed by atoms with Crippen LogP contribution >= 0.6 is 0 Å². The molecule has 8 nitrogen and oxygen atoms in total. The van der Waals surface area contributed by atoms with Gasteiger partial charge in [0.05, 0.1) is 17.9 Å². The minimum absolute atomic E-state index is 0.0189. The van der Waals surface area contributed by atoms with E-state index >= 15 is 0 Å². The fourth-order valence-corrected chi connectivity index (χ4v) is 4.00. The number of amides is 1. The monoisotopic (exact) mass is 482 g/mol. The van der Waals surface area contributed by atoms with E-state index in [1.807, 2.05) is 25.1 Å². The Morgan fingerprint density at radius 2 is 1.56 bits per heavy atom. The number of para-hydroxylation sites is 1. The van der Waals surface area contributed by atoms with Gasteiger partial charge in [0.15, 0.2) is 0 Å². The maximum atomic E-state index is 12.3. The highest BCUT2D eigenvalue weighted by atomic mass is 32.2. The SMILES string of the molecule is CCOc1ccc(S(=O)(=O)NCCC(=O)OCc2ccc(C(=O)Nc3ccccc3)cc2)cc1. The van der Waals surface area contributed by atoms with Crippen molar-refractivity contribution in [1.29, 1.82) is 0 Å². The van der Waals surface area contributed by atoms with Crippen molar-refractivity contribution in [3.8, 4) is 5.75 Å². The van der Waals surface area contributed by atoms with E-state index in [0.29, 0.717) is 29.2 Å². The van der Waals surface area contributed by atoms with Crippen LogP contribution in [0.5, 0.6) is 5.75 Å². The highest BCUT2D eigenvalue weighted by molar-refractivity contribution is 7.89. The minimum atomic E-state index is -3.74. The Bertz CT molecular complexity index is 1190. The number of hydrogen-bond donors (Lipinski definition) is 2. The zero-order chi connectivity index (χ0) is 24.4. The lowest BCUT2D eigenvalue weighted by atomic mass is 10.1. The number of rotatable bonds is 11. The second-order valence-electron chi connectivity index (χ2n) is 7.23. The van der Waals surface area contributed by atoms with E-state index in [-0.39, 0.29) is 30.4 Å². The minimum Gasteiger partial charge on any atom is -0.494 e. The number of sulfonamides is 1. The zero-order valence-corrected chi connectivity index (χ0v) is 19.5. The first-order valence-electron chi connectivity index (χ1n) is 10.7. The molecule has 34 heavy (non-hydrogen) atoms. The lowest BCUT2D eigenvalue weighted by Gasteiger charge is -2.09. The highest BCUT2D eigenvalue weighted by Gasteiger charge is 2.15. The van der Waals surface area contributed by atoms with E-state index < -0.39 is 16.0 Å². The molecule has 0 atom stereocenters. The number of hydrogen-bond acceptors (Lipinski definition) is 6. The van der Waals surface area contributed by atoms with Gasteiger partial charge in [-0.05, 0) is 61.0 Å². The van der Waals surface area contributed by atoms with Gasteiger partial charge in [-0.25, -0.2) is 13.1 Å². The second-order valence-corrected chi connectivity index (χ2v) is 9.00. The molecule has 0 aliphatic heterocycles. The molecule has 0 heterocycles. The molecule has 0 aliphatic carbocycles. The van der Waals surface area contributed by atoms with Gasteiger partial charge in [-0.3, -0.25) is 9.59 Å². The number of nitrogens with one attached hydrogen (secondary N) is 2. The number of carbonyl (C=O) groups is 2. The summed E-state index contributed by atoms with van der Waals surface area (Å²) < 4.78 is 37.5. The van der Waals surface area contributed by atoms with Crippen LogP contribution in [0.3, 0.4) is 0 Å². The van der Waals surface area contributed by atoms with Crippen LogP contribution in [0, 0.1) is 0 Å². The molecule has 0 saturated carbocycles. The van der Waals surface area contributed by atoms with Crippen LogP contribution in [0.4, 0.5) is 5.69 Å². The van der Waals surface area contributed by atoms with Crippen LogP contribution in [0.15, 0.2) is 83.8 Å². The number of carbonyl (C=O) groups excluding carboxylic acids is 2. The molecule has 3 aromatic carbocycles. The summed E-state index contributed by atoms with van der Waals surface area (Å²) in [7, 11) is -3.74. The van der Waals surface area contributed by atoms with Crippen LogP contribution < -0.4 is 14.8 Å². The van der Waals surface area contributed by atoms with Gasteiger partial charge in [0.2, 0.25) is 10.0 Å². The molecule has 2 N–H and O–H groups in total. The Balaban J connectivity index is 1.41. The number of ether oxygens (including phenoxy) is 2. The van der Waals surface area contributed by atoms with E-state index in [9.17, 15) is 18.0 Å². The predicted molar refractivity (Wildman–Crippen MR) is 128 cm³/mol. The van der Waals surface area contributed by atoms with Crippen molar-refractivity contribution in [3.63, 3.8) is 0 Å². The maximum absolute atomic E-state index is 12.3. The molecule has 0 aromatic heterocycles. The molecule has 0 unspecified atom stereocenters. The third-order valence-corrected chi connectivity index (χ3v) is 6.19. The standard InChI is InChI=1S/C25H26N2O6S/c1-2-32-22-12-14-23(15-13-22)34(30,31)26-17-16-24(28)33-18-19-8-10-20(11-9-19)25(29)27-21-6-4-3-5-7-21/h3-15,26H,2,16-18H2,1H3,(H,27,29). The Morgan fingerprint density at radius 1 is 0.882 bits per heavy atom. The summed E-state index contributed by atoms with van der Waals surface area (Å²) in [5, 5.41) is 2.80. The Labute approximate surface area is 199 Å². The van der Waals surface area contributed by atoms with Gasteiger partial charge >= 0.3 is 5.97 Å². The van der Waals surface area contributed by atoms with Gasteiger partial charge in [0.25, 0.3) is 5.91 Å². The number of benzene rings is 3. The van der Waals surface area contributed by atoms with E-state index in [1.165, 1.54) is 12.1 Å². The number of esters is 1. The molecular formula is C25H26N2O6S. The van der Waals surface area contributed by atoms with Crippen molar-refractivity contribution in [2.75, 3.05) is 18.5 Å². The highest BCUT2D eigenvalue weighted by Crippen LogP contribution is 2.16. The zero-order valence-electron chi connectivity index (χ0n) is 18.7. The van der Waals surface area contributed by atoms with E-state index in [2.05, 4.69) is 10.0 Å². The van der Waals surface area contributed by atoms with E-state index in [0.717, 1.165) is 0 Å². The van der Waals surface area contributed by atoms with Gasteiger partial charge in [0.1, 0.15) is 12.4 Å². The molecule has 178 valence electrons. The molecule has 0 fully saturated rings. The molecule has 9 heteroatoms. The number of anilines is 1. The van der Waals surface area contributed by atoms with Gasteiger partial charge in [-0.1, -0.05) is 30.3 Å². The second kappa shape index (κ2) is 12.0. The molecule has 0 saturated heterocycles. The van der Waals surface area contributed by atoms with Gasteiger partial charge in [-0.15, -0.1) is 0 Å². The molecule has 3 aromatic rings. The molecule has 3 rings (SSSR count). The fraction of sp³-hybridized carbons (Fsp3) is 0.200. The summed E-state index contributed by atoms with van der Waals surface area (Å²) in [6, 6.07) is 21.8. The van der Waals surface area contributed by atoms with Crippen LogP contribution in [0.25, 0.3) is 0 Å². The first-order valence-corrected chi connectivity index (χ1v) is 12.2. The smallest absolute Gasteiger partial charge is 0.307 e. The van der Waals surface area contributed by atoms with Crippen molar-refractivity contribution in [1.82, 2.24) is 4.72 Å². The quantitative estimate of drug-likeness (QED) is 0.403. The summed E-state index contributed by atoms with van der Waals surface area (Å²) in [5.41, 5.74) is 1.88. The molecule has 0 aliphatic rings. The van der Waals surface area contributed by atoms with Gasteiger partial charge in [0, 0.05) is 17.8 Å².